The van der Waals surface area contributed by atoms with Crippen LogP contribution in [0.5, 0.6) is 0 Å². The molecule has 0 saturated heterocycles. The van der Waals surface area contributed by atoms with Crippen molar-refractivity contribution >= 4 is 11.6 Å². The van der Waals surface area contributed by atoms with Gasteiger partial charge in [0.25, 0.3) is 0 Å². The van der Waals surface area contributed by atoms with Gasteiger partial charge in [-0.25, -0.2) is 0 Å². The molecule has 0 unspecified atom stereocenters. The van der Waals surface area contributed by atoms with E-state index < -0.39 is 0 Å². The van der Waals surface area contributed by atoms with E-state index in [9.17, 15) is 0 Å². The summed E-state index contributed by atoms with van der Waals surface area (Å²) in [5.41, 5.74) is 1.17. The van der Waals surface area contributed by atoms with Gasteiger partial charge in [-0.2, -0.15) is 0 Å². The molecule has 1 atom stereocenters. The first-order valence-electron chi connectivity index (χ1n) is 4.62. The summed E-state index contributed by atoms with van der Waals surface area (Å²) in [5.74, 6) is 0. The zero-order valence-electron chi connectivity index (χ0n) is 8.28. The molecule has 0 saturated carbocycles. The molecule has 0 bridgehead atoms. The van der Waals surface area contributed by atoms with Crippen LogP contribution >= 0.6 is 11.6 Å². The van der Waals surface area contributed by atoms with Crippen LogP contribution in [0.15, 0.2) is 30.3 Å². The Morgan fingerprint density at radius 3 is 2.64 bits per heavy atom. The van der Waals surface area contributed by atoms with Crippen LogP contribution in [0.3, 0.4) is 0 Å². The highest BCUT2D eigenvalue weighted by molar-refractivity contribution is 6.17. The Morgan fingerprint density at radius 1 is 1.29 bits per heavy atom. The van der Waals surface area contributed by atoms with Crippen molar-refractivity contribution in [3.05, 3.63) is 35.9 Å². The Labute approximate surface area is 89.8 Å². The monoisotopic (exact) mass is 214 g/mol. The topological polar surface area (TPSA) is 18.5 Å². The molecule has 1 rings (SSSR count). The van der Waals surface area contributed by atoms with E-state index in [-0.39, 0.29) is 12.2 Å². The van der Waals surface area contributed by atoms with E-state index in [0.29, 0.717) is 13.2 Å². The molecule has 0 aliphatic rings. The lowest BCUT2D eigenvalue weighted by Gasteiger charge is -2.11. The Morgan fingerprint density at radius 2 is 2.00 bits per heavy atom. The maximum absolute atomic E-state index is 5.45. The highest BCUT2D eigenvalue weighted by atomic mass is 35.5. The van der Waals surface area contributed by atoms with Crippen LogP contribution in [0.2, 0.25) is 0 Å². The van der Waals surface area contributed by atoms with E-state index in [1.807, 2.05) is 37.3 Å². The molecule has 0 N–H and O–H groups in total. The van der Waals surface area contributed by atoms with Crippen LogP contribution in [0.25, 0.3) is 0 Å². The van der Waals surface area contributed by atoms with Gasteiger partial charge in [0.05, 0.1) is 19.3 Å². The quantitative estimate of drug-likeness (QED) is 0.678. The maximum Gasteiger partial charge on any atom is 0.121 e. The predicted molar refractivity (Wildman–Crippen MR) is 57.4 cm³/mol. The van der Waals surface area contributed by atoms with Gasteiger partial charge in [0.15, 0.2) is 0 Å². The summed E-state index contributed by atoms with van der Waals surface area (Å²) in [7, 11) is 0. The van der Waals surface area contributed by atoms with E-state index in [1.54, 1.807) is 0 Å². The number of ether oxygens (including phenoxy) is 2. The molecule has 1 aromatic rings. The zero-order valence-corrected chi connectivity index (χ0v) is 9.04. The van der Waals surface area contributed by atoms with E-state index in [2.05, 4.69) is 0 Å². The molecule has 0 heterocycles. The number of rotatable bonds is 6. The average Bonchev–Trinajstić information content (AvgIpc) is 2.20. The average molecular weight is 215 g/mol. The van der Waals surface area contributed by atoms with Crippen molar-refractivity contribution in [3.63, 3.8) is 0 Å². The highest BCUT2D eigenvalue weighted by Crippen LogP contribution is 2.02. The largest absolute Gasteiger partial charge is 0.374 e. The highest BCUT2D eigenvalue weighted by Gasteiger charge is 2.00. The molecule has 0 spiro atoms. The normalized spacial score (nSPS) is 12.7. The molecule has 14 heavy (non-hydrogen) atoms. The lowest BCUT2D eigenvalue weighted by molar-refractivity contribution is 0.00468. The molecule has 0 fully saturated rings. The zero-order chi connectivity index (χ0) is 10.2. The van der Waals surface area contributed by atoms with Gasteiger partial charge in [-0.05, 0) is 12.5 Å². The van der Waals surface area contributed by atoms with Gasteiger partial charge in [0.1, 0.15) is 6.07 Å². The third-order valence-corrected chi connectivity index (χ3v) is 1.94. The lowest BCUT2D eigenvalue weighted by atomic mass is 10.2. The molecule has 0 aromatic heterocycles. The van der Waals surface area contributed by atoms with E-state index in [1.165, 1.54) is 5.56 Å². The standard InChI is InChI=1S/C11H15ClO2/c1-10(14-9-12)7-13-8-11-5-3-2-4-6-11/h2-6,10H,7-9H2,1H3/t10-/m1/s1. The fourth-order valence-electron chi connectivity index (χ4n) is 1.07. The minimum atomic E-state index is 0.0520. The first-order valence-corrected chi connectivity index (χ1v) is 5.15. The van der Waals surface area contributed by atoms with Crippen molar-refractivity contribution in [1.29, 1.82) is 0 Å². The number of hydrogen-bond donors (Lipinski definition) is 0. The van der Waals surface area contributed by atoms with Crippen molar-refractivity contribution < 1.29 is 9.47 Å². The summed E-state index contributed by atoms with van der Waals surface area (Å²) in [6.07, 6.45) is 0.0520. The van der Waals surface area contributed by atoms with Crippen LogP contribution in [-0.4, -0.2) is 18.8 Å². The first kappa shape index (κ1) is 11.5. The number of hydrogen-bond acceptors (Lipinski definition) is 2. The smallest absolute Gasteiger partial charge is 0.121 e. The molecular weight excluding hydrogens is 200 g/mol. The SMILES string of the molecule is C[C@H](COCc1ccccc1)OCCl. The van der Waals surface area contributed by atoms with Gasteiger partial charge in [-0.3, -0.25) is 0 Å². The van der Waals surface area contributed by atoms with Crippen molar-refractivity contribution in [3.8, 4) is 0 Å². The van der Waals surface area contributed by atoms with E-state index in [0.717, 1.165) is 0 Å². The van der Waals surface area contributed by atoms with Gasteiger partial charge >= 0.3 is 0 Å². The van der Waals surface area contributed by atoms with Crippen molar-refractivity contribution in [2.45, 2.75) is 19.6 Å². The maximum atomic E-state index is 5.45. The molecular formula is C11H15ClO2. The van der Waals surface area contributed by atoms with Gasteiger partial charge in [-0.15, -0.1) is 0 Å². The van der Waals surface area contributed by atoms with Crippen molar-refractivity contribution in [1.82, 2.24) is 0 Å². The van der Waals surface area contributed by atoms with Gasteiger partial charge < -0.3 is 9.47 Å². The minimum absolute atomic E-state index is 0.0520. The molecule has 1 aromatic carbocycles. The second-order valence-corrected chi connectivity index (χ2v) is 3.31. The Hall–Kier alpha value is -0.570. The van der Waals surface area contributed by atoms with E-state index >= 15 is 0 Å². The first-order chi connectivity index (χ1) is 6.83. The summed E-state index contributed by atoms with van der Waals surface area (Å²) in [6.45, 7) is 3.13. The molecule has 0 radical (unpaired) electrons. The van der Waals surface area contributed by atoms with E-state index in [4.69, 9.17) is 21.1 Å². The summed E-state index contributed by atoms with van der Waals surface area (Å²) >= 11 is 5.41. The molecule has 3 heteroatoms. The molecule has 0 aliphatic carbocycles. The van der Waals surface area contributed by atoms with Crippen molar-refractivity contribution in [2.24, 2.45) is 0 Å². The molecule has 78 valence electrons. The van der Waals surface area contributed by atoms with Crippen LogP contribution in [-0.2, 0) is 16.1 Å². The number of halogens is 1. The van der Waals surface area contributed by atoms with Crippen LogP contribution < -0.4 is 0 Å². The van der Waals surface area contributed by atoms with Crippen LogP contribution in [0, 0.1) is 0 Å². The van der Waals surface area contributed by atoms with Crippen LogP contribution in [0.4, 0.5) is 0 Å². The van der Waals surface area contributed by atoms with Gasteiger partial charge in [0, 0.05) is 0 Å². The number of benzene rings is 1. The second-order valence-electron chi connectivity index (χ2n) is 3.09. The Balaban J connectivity index is 2.16. The number of alkyl halides is 1. The summed E-state index contributed by atoms with van der Waals surface area (Å²) in [6, 6.07) is 10.3. The summed E-state index contributed by atoms with van der Waals surface area (Å²) in [4.78, 5) is 0. The molecule has 0 aliphatic heterocycles. The minimum Gasteiger partial charge on any atom is -0.374 e. The third-order valence-electron chi connectivity index (χ3n) is 1.81. The van der Waals surface area contributed by atoms with Gasteiger partial charge in [0.2, 0.25) is 0 Å². The fourth-order valence-corrected chi connectivity index (χ4v) is 1.29. The van der Waals surface area contributed by atoms with Crippen molar-refractivity contribution in [2.75, 3.05) is 12.7 Å². The Bertz CT molecular complexity index is 238. The second kappa shape index (κ2) is 6.82. The lowest BCUT2D eigenvalue weighted by Crippen LogP contribution is -2.15. The molecule has 2 nitrogen and oxygen atoms in total. The van der Waals surface area contributed by atoms with Crippen LogP contribution in [0.1, 0.15) is 12.5 Å². The summed E-state index contributed by atoms with van der Waals surface area (Å²) in [5, 5.41) is 0. The predicted octanol–water partition coefficient (Wildman–Crippen LogP) is 2.80. The van der Waals surface area contributed by atoms with Gasteiger partial charge in [-0.1, -0.05) is 41.9 Å². The molecule has 0 amide bonds. The summed E-state index contributed by atoms with van der Waals surface area (Å²) < 4.78 is 10.6. The Kier molecular flexibility index (Phi) is 5.60. The fraction of sp³-hybridized carbons (Fsp3) is 0.455. The third kappa shape index (κ3) is 4.61.